The molecule has 3 heteroatoms. The van der Waals surface area contributed by atoms with Crippen LogP contribution in [0.5, 0.6) is 0 Å². The van der Waals surface area contributed by atoms with Crippen molar-refractivity contribution in [2.24, 2.45) is 5.92 Å². The highest BCUT2D eigenvalue weighted by Crippen LogP contribution is 2.16. The summed E-state index contributed by atoms with van der Waals surface area (Å²) in [4.78, 5) is 11.0. The Kier molecular flexibility index (Phi) is 7.60. The van der Waals surface area contributed by atoms with E-state index in [0.717, 1.165) is 24.8 Å². The Labute approximate surface area is 111 Å². The molecule has 1 unspecified atom stereocenters. The molecule has 0 bridgehead atoms. The fourth-order valence-corrected chi connectivity index (χ4v) is 1.56. The highest BCUT2D eigenvalue weighted by molar-refractivity contribution is 5.83. The van der Waals surface area contributed by atoms with Crippen molar-refractivity contribution in [3.05, 3.63) is 23.8 Å². The lowest BCUT2D eigenvalue weighted by molar-refractivity contribution is -0.134. The van der Waals surface area contributed by atoms with Crippen molar-refractivity contribution < 1.29 is 14.6 Å². The van der Waals surface area contributed by atoms with Gasteiger partial charge in [0, 0.05) is 6.08 Å². The summed E-state index contributed by atoms with van der Waals surface area (Å²) in [5.41, 5.74) is 0.306. The molecule has 104 valence electrons. The van der Waals surface area contributed by atoms with Crippen LogP contribution in [0.4, 0.5) is 0 Å². The van der Waals surface area contributed by atoms with Gasteiger partial charge in [-0.15, -0.1) is 0 Å². The summed E-state index contributed by atoms with van der Waals surface area (Å²) in [7, 11) is 1.37. The molecule has 0 saturated heterocycles. The lowest BCUT2D eigenvalue weighted by Gasteiger charge is -2.17. The fraction of sp³-hybridized carbons (Fsp3) is 0.667. The van der Waals surface area contributed by atoms with Gasteiger partial charge in [0.1, 0.15) is 0 Å². The number of carbonyl (C=O) groups excluding carboxylic acids is 1. The molecule has 0 aromatic carbocycles. The minimum absolute atomic E-state index is 0.327. The zero-order valence-electron chi connectivity index (χ0n) is 12.2. The molecule has 0 aliphatic carbocycles. The molecule has 0 spiro atoms. The van der Waals surface area contributed by atoms with Crippen LogP contribution in [-0.4, -0.2) is 23.8 Å². The summed E-state index contributed by atoms with van der Waals surface area (Å²) in [6.07, 6.45) is 8.33. The van der Waals surface area contributed by atoms with Gasteiger partial charge >= 0.3 is 5.97 Å². The van der Waals surface area contributed by atoms with E-state index in [-0.39, 0.29) is 5.97 Å². The second kappa shape index (κ2) is 8.09. The molecule has 0 radical (unpaired) electrons. The third kappa shape index (κ3) is 10.1. The van der Waals surface area contributed by atoms with Crippen LogP contribution < -0.4 is 0 Å². The molecule has 3 nitrogen and oxygen atoms in total. The van der Waals surface area contributed by atoms with Gasteiger partial charge in [-0.3, -0.25) is 0 Å². The normalized spacial score (nSPS) is 14.9. The van der Waals surface area contributed by atoms with Crippen LogP contribution in [0, 0.1) is 5.92 Å². The number of esters is 1. The van der Waals surface area contributed by atoms with Crippen LogP contribution in [0.1, 0.15) is 47.0 Å². The van der Waals surface area contributed by atoms with Crippen molar-refractivity contribution in [3.8, 4) is 0 Å². The van der Waals surface area contributed by atoms with E-state index >= 15 is 0 Å². The van der Waals surface area contributed by atoms with Gasteiger partial charge in [0.05, 0.1) is 12.7 Å². The maximum Gasteiger partial charge on any atom is 0.330 e. The standard InChI is InChI=1S/C15H26O3/c1-12(7-6-10-15(3,4)17)8-9-13(2)11-14(16)18-5/h8-9,11-12,17H,6-7,10H2,1-5H3/b9-8+,13-11+. The molecule has 0 aliphatic rings. The minimum atomic E-state index is -0.579. The Bertz CT molecular complexity index is 308. The zero-order chi connectivity index (χ0) is 14.2. The highest BCUT2D eigenvalue weighted by atomic mass is 16.5. The van der Waals surface area contributed by atoms with Crippen molar-refractivity contribution in [3.63, 3.8) is 0 Å². The van der Waals surface area contributed by atoms with Crippen LogP contribution in [0.2, 0.25) is 0 Å². The number of allylic oxidation sites excluding steroid dienone is 3. The third-order valence-electron chi connectivity index (χ3n) is 2.68. The van der Waals surface area contributed by atoms with Crippen molar-refractivity contribution in [2.75, 3.05) is 7.11 Å². The van der Waals surface area contributed by atoms with Crippen molar-refractivity contribution in [1.82, 2.24) is 0 Å². The van der Waals surface area contributed by atoms with E-state index in [0.29, 0.717) is 5.92 Å². The number of methoxy groups -OCH3 is 1. The number of carbonyl (C=O) groups is 1. The van der Waals surface area contributed by atoms with Gasteiger partial charge in [0.15, 0.2) is 0 Å². The maximum absolute atomic E-state index is 11.0. The Balaban J connectivity index is 4.04. The molecule has 0 amide bonds. The average molecular weight is 254 g/mol. The molecule has 18 heavy (non-hydrogen) atoms. The van der Waals surface area contributed by atoms with E-state index < -0.39 is 5.60 Å². The predicted molar refractivity (Wildman–Crippen MR) is 74.2 cm³/mol. The van der Waals surface area contributed by atoms with Crippen molar-refractivity contribution in [1.29, 1.82) is 0 Å². The Morgan fingerprint density at radius 2 is 2.06 bits per heavy atom. The first-order valence-electron chi connectivity index (χ1n) is 6.41. The summed E-state index contributed by atoms with van der Waals surface area (Å²) >= 11 is 0. The molecular weight excluding hydrogens is 228 g/mol. The quantitative estimate of drug-likeness (QED) is 0.431. The number of rotatable bonds is 7. The van der Waals surface area contributed by atoms with Crippen molar-refractivity contribution in [2.45, 2.75) is 52.6 Å². The minimum Gasteiger partial charge on any atom is -0.466 e. The molecule has 0 aliphatic heterocycles. The molecule has 0 fully saturated rings. The molecule has 1 atom stereocenters. The zero-order valence-corrected chi connectivity index (χ0v) is 12.2. The van der Waals surface area contributed by atoms with E-state index in [1.54, 1.807) is 0 Å². The summed E-state index contributed by atoms with van der Waals surface area (Å²) < 4.78 is 4.55. The lowest BCUT2D eigenvalue weighted by Crippen LogP contribution is -2.18. The Morgan fingerprint density at radius 3 is 2.56 bits per heavy atom. The average Bonchev–Trinajstić information content (AvgIpc) is 2.24. The SMILES string of the molecule is COC(=O)/C=C(C)/C=C/C(C)CCCC(C)(C)O. The van der Waals surface area contributed by atoms with Gasteiger partial charge in [-0.1, -0.05) is 25.5 Å². The van der Waals surface area contributed by atoms with E-state index in [2.05, 4.69) is 17.7 Å². The number of hydrogen-bond acceptors (Lipinski definition) is 3. The molecule has 0 saturated carbocycles. The molecule has 0 aromatic rings. The molecule has 1 N–H and O–H groups in total. The van der Waals surface area contributed by atoms with Gasteiger partial charge in [-0.25, -0.2) is 4.79 Å². The van der Waals surface area contributed by atoms with Gasteiger partial charge in [0.25, 0.3) is 0 Å². The third-order valence-corrected chi connectivity index (χ3v) is 2.68. The van der Waals surface area contributed by atoms with Crippen LogP contribution in [-0.2, 0) is 9.53 Å². The number of hydrogen-bond donors (Lipinski definition) is 1. The van der Waals surface area contributed by atoms with Gasteiger partial charge in [-0.05, 0) is 45.1 Å². The first-order valence-corrected chi connectivity index (χ1v) is 6.41. The number of aliphatic hydroxyl groups is 1. The topological polar surface area (TPSA) is 46.5 Å². The first kappa shape index (κ1) is 16.9. The van der Waals surface area contributed by atoms with Crippen LogP contribution >= 0.6 is 0 Å². The molecule has 0 heterocycles. The smallest absolute Gasteiger partial charge is 0.330 e. The van der Waals surface area contributed by atoms with Crippen molar-refractivity contribution >= 4 is 5.97 Å². The lowest BCUT2D eigenvalue weighted by atomic mass is 9.96. The second-order valence-electron chi connectivity index (χ2n) is 5.45. The van der Waals surface area contributed by atoms with Gasteiger partial charge < -0.3 is 9.84 Å². The number of ether oxygens (including phenoxy) is 1. The van der Waals surface area contributed by atoms with Crippen LogP contribution in [0.3, 0.4) is 0 Å². The summed E-state index contributed by atoms with van der Waals surface area (Å²) in [6.45, 7) is 7.66. The summed E-state index contributed by atoms with van der Waals surface area (Å²) in [5.74, 6) is 0.111. The Morgan fingerprint density at radius 1 is 1.44 bits per heavy atom. The molecule has 0 rings (SSSR count). The first-order chi connectivity index (χ1) is 8.24. The predicted octanol–water partition coefficient (Wildman–Crippen LogP) is 3.24. The highest BCUT2D eigenvalue weighted by Gasteiger charge is 2.11. The maximum atomic E-state index is 11.0. The second-order valence-corrected chi connectivity index (χ2v) is 5.45. The van der Waals surface area contributed by atoms with E-state index in [1.807, 2.05) is 26.8 Å². The summed E-state index contributed by atoms with van der Waals surface area (Å²) in [6, 6.07) is 0. The van der Waals surface area contributed by atoms with Crippen LogP contribution in [0.15, 0.2) is 23.8 Å². The molecular formula is C15H26O3. The molecule has 0 aromatic heterocycles. The Hall–Kier alpha value is -1.09. The monoisotopic (exact) mass is 254 g/mol. The van der Waals surface area contributed by atoms with Gasteiger partial charge in [0.2, 0.25) is 0 Å². The van der Waals surface area contributed by atoms with E-state index in [1.165, 1.54) is 13.2 Å². The van der Waals surface area contributed by atoms with E-state index in [4.69, 9.17) is 0 Å². The van der Waals surface area contributed by atoms with Gasteiger partial charge in [-0.2, -0.15) is 0 Å². The van der Waals surface area contributed by atoms with Crippen LogP contribution in [0.25, 0.3) is 0 Å². The summed E-state index contributed by atoms with van der Waals surface area (Å²) in [5, 5.41) is 9.60. The largest absolute Gasteiger partial charge is 0.466 e. The fourth-order valence-electron chi connectivity index (χ4n) is 1.56. The van der Waals surface area contributed by atoms with E-state index in [9.17, 15) is 9.90 Å².